The van der Waals surface area contributed by atoms with E-state index in [1.54, 1.807) is 0 Å². The van der Waals surface area contributed by atoms with Gasteiger partial charge >= 0.3 is 0 Å². The summed E-state index contributed by atoms with van der Waals surface area (Å²) >= 11 is 0. The van der Waals surface area contributed by atoms with Gasteiger partial charge in [-0.05, 0) is 44.1 Å². The first-order valence-corrected chi connectivity index (χ1v) is 6.84. The summed E-state index contributed by atoms with van der Waals surface area (Å²) < 4.78 is 5.47. The Labute approximate surface area is 109 Å². The summed E-state index contributed by atoms with van der Waals surface area (Å²) in [6.45, 7) is 6.69. The maximum atomic E-state index is 5.47. The number of aryl methyl sites for hydroxylation is 1. The van der Waals surface area contributed by atoms with Gasteiger partial charge in [0.15, 0.2) is 0 Å². The predicted octanol–water partition coefficient (Wildman–Crippen LogP) is 2.79. The van der Waals surface area contributed by atoms with Gasteiger partial charge in [-0.1, -0.05) is 6.42 Å². The van der Waals surface area contributed by atoms with Gasteiger partial charge in [-0.3, -0.25) is 0 Å². The summed E-state index contributed by atoms with van der Waals surface area (Å²) in [4.78, 5) is 8.57. The van der Waals surface area contributed by atoms with E-state index in [0.29, 0.717) is 5.41 Å². The molecule has 1 aromatic heterocycles. The second kappa shape index (κ2) is 6.14. The molecular weight excluding hydrogens is 226 g/mol. The zero-order valence-electron chi connectivity index (χ0n) is 11.4. The van der Waals surface area contributed by atoms with Crippen LogP contribution in [0.1, 0.15) is 38.2 Å². The first-order valence-electron chi connectivity index (χ1n) is 6.84. The molecule has 0 unspecified atom stereocenters. The van der Waals surface area contributed by atoms with Crippen molar-refractivity contribution in [1.29, 1.82) is 0 Å². The molecule has 0 aromatic carbocycles. The third-order valence-electron chi connectivity index (χ3n) is 3.80. The average molecular weight is 249 g/mol. The molecule has 0 amide bonds. The minimum Gasteiger partial charge on any atom is -0.382 e. The lowest BCUT2D eigenvalue weighted by Gasteiger charge is -2.42. The molecule has 0 atom stereocenters. The lowest BCUT2D eigenvalue weighted by Crippen LogP contribution is -2.38. The molecule has 1 fully saturated rings. The number of hydrogen-bond donors (Lipinski definition) is 1. The lowest BCUT2D eigenvalue weighted by molar-refractivity contribution is 0.0635. The molecule has 4 nitrogen and oxygen atoms in total. The van der Waals surface area contributed by atoms with Crippen LogP contribution in [0.15, 0.2) is 12.4 Å². The van der Waals surface area contributed by atoms with Crippen LogP contribution in [-0.4, -0.2) is 29.7 Å². The monoisotopic (exact) mass is 249 g/mol. The average Bonchev–Trinajstić information content (AvgIpc) is 2.34. The molecule has 0 aliphatic heterocycles. The smallest absolute Gasteiger partial charge is 0.222 e. The fourth-order valence-electron chi connectivity index (χ4n) is 2.38. The van der Waals surface area contributed by atoms with Crippen molar-refractivity contribution in [3.63, 3.8) is 0 Å². The number of hydrogen-bond acceptors (Lipinski definition) is 4. The summed E-state index contributed by atoms with van der Waals surface area (Å²) in [5.74, 6) is 0.739. The van der Waals surface area contributed by atoms with Crippen LogP contribution < -0.4 is 5.32 Å². The Morgan fingerprint density at radius 2 is 2.06 bits per heavy atom. The van der Waals surface area contributed by atoms with Crippen molar-refractivity contribution in [2.75, 3.05) is 25.1 Å². The molecule has 0 spiro atoms. The van der Waals surface area contributed by atoms with E-state index < -0.39 is 0 Å². The van der Waals surface area contributed by atoms with Crippen LogP contribution in [0, 0.1) is 12.3 Å². The van der Waals surface area contributed by atoms with Crippen LogP contribution >= 0.6 is 0 Å². The standard InChI is InChI=1S/C14H23N3O/c1-3-18-8-7-14(5-4-6-14)11-17-13-15-9-12(2)10-16-13/h9-10H,3-8,11H2,1-2H3,(H,15,16,17). The molecule has 0 saturated heterocycles. The van der Waals surface area contributed by atoms with Gasteiger partial charge in [-0.15, -0.1) is 0 Å². The van der Waals surface area contributed by atoms with Crippen molar-refractivity contribution in [3.05, 3.63) is 18.0 Å². The van der Waals surface area contributed by atoms with Gasteiger partial charge in [0, 0.05) is 32.2 Å². The van der Waals surface area contributed by atoms with Crippen molar-refractivity contribution in [3.8, 4) is 0 Å². The Balaban J connectivity index is 1.81. The number of ether oxygens (including phenoxy) is 1. The van der Waals surface area contributed by atoms with Crippen molar-refractivity contribution < 1.29 is 4.74 Å². The Morgan fingerprint density at radius 1 is 1.33 bits per heavy atom. The highest BCUT2D eigenvalue weighted by Crippen LogP contribution is 2.43. The predicted molar refractivity (Wildman–Crippen MR) is 72.7 cm³/mol. The quantitative estimate of drug-likeness (QED) is 0.755. The Kier molecular flexibility index (Phi) is 4.53. The molecule has 1 aromatic rings. The van der Waals surface area contributed by atoms with Gasteiger partial charge in [0.05, 0.1) is 0 Å². The maximum Gasteiger partial charge on any atom is 0.222 e. The van der Waals surface area contributed by atoms with E-state index in [-0.39, 0.29) is 0 Å². The lowest BCUT2D eigenvalue weighted by atomic mass is 9.67. The van der Waals surface area contributed by atoms with Gasteiger partial charge in [0.1, 0.15) is 0 Å². The van der Waals surface area contributed by atoms with E-state index in [4.69, 9.17) is 4.74 Å². The van der Waals surface area contributed by atoms with E-state index in [1.165, 1.54) is 19.3 Å². The first-order chi connectivity index (χ1) is 8.74. The fourth-order valence-corrected chi connectivity index (χ4v) is 2.38. The third-order valence-corrected chi connectivity index (χ3v) is 3.80. The van der Waals surface area contributed by atoms with Crippen LogP contribution in [-0.2, 0) is 4.74 Å². The van der Waals surface area contributed by atoms with Crippen molar-refractivity contribution >= 4 is 5.95 Å². The third kappa shape index (κ3) is 3.42. The largest absolute Gasteiger partial charge is 0.382 e. The number of nitrogens with one attached hydrogen (secondary N) is 1. The molecule has 0 bridgehead atoms. The van der Waals surface area contributed by atoms with E-state index in [0.717, 1.165) is 37.7 Å². The first kappa shape index (κ1) is 13.3. The number of rotatable bonds is 7. The van der Waals surface area contributed by atoms with Gasteiger partial charge in [-0.2, -0.15) is 0 Å². The zero-order chi connectivity index (χ0) is 12.8. The molecule has 1 saturated carbocycles. The molecule has 1 aliphatic rings. The summed E-state index contributed by atoms with van der Waals surface area (Å²) in [6, 6.07) is 0. The molecule has 100 valence electrons. The maximum absolute atomic E-state index is 5.47. The molecule has 1 N–H and O–H groups in total. The van der Waals surface area contributed by atoms with Crippen LogP contribution in [0.3, 0.4) is 0 Å². The van der Waals surface area contributed by atoms with Crippen LogP contribution in [0.4, 0.5) is 5.95 Å². The van der Waals surface area contributed by atoms with Gasteiger partial charge in [0.25, 0.3) is 0 Å². The normalized spacial score (nSPS) is 17.2. The second-order valence-corrected chi connectivity index (χ2v) is 5.24. The van der Waals surface area contributed by atoms with E-state index >= 15 is 0 Å². The molecule has 1 aliphatic carbocycles. The minimum atomic E-state index is 0.406. The number of anilines is 1. The molecular formula is C14H23N3O. The SMILES string of the molecule is CCOCCC1(CNc2ncc(C)cn2)CCC1. The zero-order valence-corrected chi connectivity index (χ0v) is 11.4. The van der Waals surface area contributed by atoms with Crippen LogP contribution in [0.2, 0.25) is 0 Å². The Morgan fingerprint density at radius 3 is 2.61 bits per heavy atom. The Bertz CT molecular complexity index is 360. The van der Waals surface area contributed by atoms with Crippen molar-refractivity contribution in [2.24, 2.45) is 5.41 Å². The van der Waals surface area contributed by atoms with Gasteiger partial charge < -0.3 is 10.1 Å². The van der Waals surface area contributed by atoms with E-state index in [1.807, 2.05) is 26.2 Å². The summed E-state index contributed by atoms with van der Waals surface area (Å²) in [5.41, 5.74) is 1.50. The number of nitrogens with zero attached hydrogens (tertiary/aromatic N) is 2. The van der Waals surface area contributed by atoms with E-state index in [2.05, 4.69) is 15.3 Å². The van der Waals surface area contributed by atoms with Crippen molar-refractivity contribution in [1.82, 2.24) is 9.97 Å². The molecule has 2 rings (SSSR count). The minimum absolute atomic E-state index is 0.406. The second-order valence-electron chi connectivity index (χ2n) is 5.24. The highest BCUT2D eigenvalue weighted by Gasteiger charge is 2.36. The topological polar surface area (TPSA) is 47.0 Å². The van der Waals surface area contributed by atoms with Gasteiger partial charge in [-0.25, -0.2) is 9.97 Å². The van der Waals surface area contributed by atoms with Crippen LogP contribution in [0.5, 0.6) is 0 Å². The molecule has 0 radical (unpaired) electrons. The van der Waals surface area contributed by atoms with Gasteiger partial charge in [0.2, 0.25) is 5.95 Å². The highest BCUT2D eigenvalue weighted by atomic mass is 16.5. The number of aromatic nitrogens is 2. The van der Waals surface area contributed by atoms with E-state index in [9.17, 15) is 0 Å². The summed E-state index contributed by atoms with van der Waals surface area (Å²) in [6.07, 6.45) is 8.76. The summed E-state index contributed by atoms with van der Waals surface area (Å²) in [7, 11) is 0. The molecule has 4 heteroatoms. The fraction of sp³-hybridized carbons (Fsp3) is 0.714. The molecule has 18 heavy (non-hydrogen) atoms. The van der Waals surface area contributed by atoms with Crippen molar-refractivity contribution in [2.45, 2.75) is 39.5 Å². The Hall–Kier alpha value is -1.16. The molecule has 1 heterocycles. The van der Waals surface area contributed by atoms with Crippen LogP contribution in [0.25, 0.3) is 0 Å². The summed E-state index contributed by atoms with van der Waals surface area (Å²) in [5, 5.41) is 3.36. The highest BCUT2D eigenvalue weighted by molar-refractivity contribution is 5.25.